The highest BCUT2D eigenvalue weighted by Gasteiger charge is 2.28. The molecule has 0 aliphatic carbocycles. The van der Waals surface area contributed by atoms with E-state index in [-0.39, 0.29) is 18.4 Å². The van der Waals surface area contributed by atoms with Crippen molar-refractivity contribution in [2.24, 2.45) is 0 Å². The molecule has 0 unspecified atom stereocenters. The lowest BCUT2D eigenvalue weighted by molar-refractivity contribution is -0.124. The van der Waals surface area contributed by atoms with Crippen LogP contribution in [0.5, 0.6) is 0 Å². The zero-order valence-electron chi connectivity index (χ0n) is 16.1. The number of amides is 2. The van der Waals surface area contributed by atoms with Gasteiger partial charge in [0.05, 0.1) is 12.2 Å². The van der Waals surface area contributed by atoms with E-state index in [0.717, 1.165) is 22.4 Å². The fourth-order valence-electron chi connectivity index (χ4n) is 3.46. The zero-order chi connectivity index (χ0) is 20.4. The summed E-state index contributed by atoms with van der Waals surface area (Å²) in [6.45, 7) is 2.86. The van der Waals surface area contributed by atoms with Crippen molar-refractivity contribution in [3.63, 3.8) is 0 Å². The van der Waals surface area contributed by atoms with Crippen LogP contribution in [-0.2, 0) is 22.7 Å². The van der Waals surface area contributed by atoms with Crippen LogP contribution in [0.3, 0.4) is 0 Å². The second-order valence-corrected chi connectivity index (χ2v) is 7.50. The summed E-state index contributed by atoms with van der Waals surface area (Å²) >= 11 is 5.98. The molecule has 2 heterocycles. The lowest BCUT2D eigenvalue weighted by atomic mass is 10.1. The topological polar surface area (TPSA) is 67.2 Å². The van der Waals surface area contributed by atoms with E-state index in [1.807, 2.05) is 49.4 Å². The molecular formula is C22H21ClN4O2. The monoisotopic (exact) mass is 408 g/mol. The molecule has 3 aromatic rings. The number of carbonyl (C=O) groups is 2. The van der Waals surface area contributed by atoms with Crippen molar-refractivity contribution in [3.05, 3.63) is 70.7 Å². The third kappa shape index (κ3) is 4.17. The van der Waals surface area contributed by atoms with Crippen molar-refractivity contribution in [1.82, 2.24) is 15.1 Å². The third-order valence-electron chi connectivity index (χ3n) is 4.98. The van der Waals surface area contributed by atoms with Crippen LogP contribution in [0.15, 0.2) is 54.6 Å². The van der Waals surface area contributed by atoms with Crippen LogP contribution in [0.1, 0.15) is 17.5 Å². The first-order chi connectivity index (χ1) is 14.0. The van der Waals surface area contributed by atoms with Crippen molar-refractivity contribution in [2.45, 2.75) is 26.4 Å². The van der Waals surface area contributed by atoms with Gasteiger partial charge in [-0.3, -0.25) is 14.5 Å². The minimum absolute atomic E-state index is 0.0433. The maximum Gasteiger partial charge on any atom is 0.240 e. The van der Waals surface area contributed by atoms with Gasteiger partial charge in [-0.1, -0.05) is 48.0 Å². The number of benzene rings is 2. The molecule has 1 N–H and O–H groups in total. The van der Waals surface area contributed by atoms with Crippen molar-refractivity contribution >= 4 is 29.2 Å². The predicted octanol–water partition coefficient (Wildman–Crippen LogP) is 3.57. The maximum atomic E-state index is 12.5. The van der Waals surface area contributed by atoms with Crippen LogP contribution in [0.2, 0.25) is 5.02 Å². The Morgan fingerprint density at radius 1 is 1.17 bits per heavy atom. The molecule has 1 aromatic heterocycles. The molecule has 0 atom stereocenters. The number of halogens is 1. The van der Waals surface area contributed by atoms with Gasteiger partial charge in [-0.25, -0.2) is 4.68 Å². The molecule has 29 heavy (non-hydrogen) atoms. The number of aryl methyl sites for hydroxylation is 2. The number of hydrogen-bond acceptors (Lipinski definition) is 3. The SMILES string of the molecule is Cc1ccccc1-c1cc2n(n1)CCC(=O)N2CC(=O)NCc1cccc(Cl)c1. The van der Waals surface area contributed by atoms with Gasteiger partial charge in [0.2, 0.25) is 11.8 Å². The summed E-state index contributed by atoms with van der Waals surface area (Å²) in [5.41, 5.74) is 3.84. The third-order valence-corrected chi connectivity index (χ3v) is 5.21. The molecule has 0 fully saturated rings. The summed E-state index contributed by atoms with van der Waals surface area (Å²) in [6, 6.07) is 17.2. The Hall–Kier alpha value is -3.12. The molecule has 4 rings (SSSR count). The van der Waals surface area contributed by atoms with Gasteiger partial charge < -0.3 is 5.32 Å². The summed E-state index contributed by atoms with van der Waals surface area (Å²) in [4.78, 5) is 26.5. The number of carbonyl (C=O) groups excluding carboxylic acids is 2. The van der Waals surface area contributed by atoms with Gasteiger partial charge in [-0.15, -0.1) is 0 Å². The van der Waals surface area contributed by atoms with E-state index in [2.05, 4.69) is 10.4 Å². The Kier molecular flexibility index (Phi) is 5.36. The molecule has 2 amide bonds. The van der Waals surface area contributed by atoms with E-state index in [9.17, 15) is 9.59 Å². The van der Waals surface area contributed by atoms with Gasteiger partial charge in [-0.05, 0) is 30.2 Å². The molecule has 1 aliphatic heterocycles. The molecule has 7 heteroatoms. The van der Waals surface area contributed by atoms with E-state index in [4.69, 9.17) is 11.6 Å². The summed E-state index contributed by atoms with van der Waals surface area (Å²) in [5, 5.41) is 8.13. The van der Waals surface area contributed by atoms with Crippen molar-refractivity contribution in [1.29, 1.82) is 0 Å². The fraction of sp³-hybridized carbons (Fsp3) is 0.227. The number of anilines is 1. The zero-order valence-corrected chi connectivity index (χ0v) is 16.8. The lowest BCUT2D eigenvalue weighted by Gasteiger charge is -2.26. The second kappa shape index (κ2) is 8.09. The van der Waals surface area contributed by atoms with Crippen LogP contribution in [0, 0.1) is 6.92 Å². The highest BCUT2D eigenvalue weighted by atomic mass is 35.5. The average Bonchev–Trinajstić information content (AvgIpc) is 3.13. The molecule has 0 bridgehead atoms. The first-order valence-electron chi connectivity index (χ1n) is 9.46. The quantitative estimate of drug-likeness (QED) is 0.701. The fourth-order valence-corrected chi connectivity index (χ4v) is 3.67. The normalized spacial score (nSPS) is 13.3. The number of nitrogens with zero attached hydrogens (tertiary/aromatic N) is 3. The van der Waals surface area contributed by atoms with Crippen LogP contribution in [0.4, 0.5) is 5.82 Å². The van der Waals surface area contributed by atoms with E-state index < -0.39 is 0 Å². The minimum Gasteiger partial charge on any atom is -0.350 e. The number of hydrogen-bond donors (Lipinski definition) is 1. The summed E-state index contributed by atoms with van der Waals surface area (Å²) in [7, 11) is 0. The van der Waals surface area contributed by atoms with E-state index in [1.54, 1.807) is 16.8 Å². The smallest absolute Gasteiger partial charge is 0.240 e. The molecule has 6 nitrogen and oxygen atoms in total. The summed E-state index contributed by atoms with van der Waals surface area (Å²) in [5.74, 6) is 0.342. The lowest BCUT2D eigenvalue weighted by Crippen LogP contribution is -2.44. The highest BCUT2D eigenvalue weighted by molar-refractivity contribution is 6.30. The number of nitrogens with one attached hydrogen (secondary N) is 1. The Bertz CT molecular complexity index is 1080. The van der Waals surface area contributed by atoms with Crippen LogP contribution < -0.4 is 10.2 Å². The molecular weight excluding hydrogens is 388 g/mol. The van der Waals surface area contributed by atoms with Gasteiger partial charge in [0.25, 0.3) is 0 Å². The summed E-state index contributed by atoms with van der Waals surface area (Å²) < 4.78 is 1.80. The molecule has 1 aliphatic rings. The van der Waals surface area contributed by atoms with Crippen molar-refractivity contribution in [2.75, 3.05) is 11.4 Å². The first-order valence-corrected chi connectivity index (χ1v) is 9.84. The van der Waals surface area contributed by atoms with Gasteiger partial charge in [0, 0.05) is 29.6 Å². The molecule has 2 aromatic carbocycles. The van der Waals surface area contributed by atoms with Gasteiger partial charge in [-0.2, -0.15) is 5.10 Å². The van der Waals surface area contributed by atoms with Gasteiger partial charge in [0.1, 0.15) is 12.4 Å². The Morgan fingerprint density at radius 3 is 2.79 bits per heavy atom. The molecule has 0 radical (unpaired) electrons. The minimum atomic E-state index is -0.231. The van der Waals surface area contributed by atoms with Crippen LogP contribution in [0.25, 0.3) is 11.3 Å². The standard InChI is InChI=1S/C22H21ClN4O2/c1-15-5-2-3-8-18(15)19-12-21-26(22(29)9-10-27(21)25-19)14-20(28)24-13-16-6-4-7-17(23)11-16/h2-8,11-12H,9-10,13-14H2,1H3,(H,24,28). The Labute approximate surface area is 174 Å². The number of rotatable bonds is 5. The Morgan fingerprint density at radius 2 is 2.00 bits per heavy atom. The summed E-state index contributed by atoms with van der Waals surface area (Å²) in [6.07, 6.45) is 0.323. The second-order valence-electron chi connectivity index (χ2n) is 7.06. The number of aromatic nitrogens is 2. The maximum absolute atomic E-state index is 12.5. The highest BCUT2D eigenvalue weighted by Crippen LogP contribution is 2.29. The van der Waals surface area contributed by atoms with E-state index in [0.29, 0.717) is 30.4 Å². The molecule has 148 valence electrons. The van der Waals surface area contributed by atoms with Gasteiger partial charge >= 0.3 is 0 Å². The van der Waals surface area contributed by atoms with Crippen LogP contribution in [-0.4, -0.2) is 28.1 Å². The Balaban J connectivity index is 1.50. The van der Waals surface area contributed by atoms with E-state index >= 15 is 0 Å². The van der Waals surface area contributed by atoms with Crippen LogP contribution >= 0.6 is 11.6 Å². The predicted molar refractivity (Wildman–Crippen MR) is 113 cm³/mol. The molecule has 0 spiro atoms. The van der Waals surface area contributed by atoms with Crippen molar-refractivity contribution in [3.8, 4) is 11.3 Å². The number of fused-ring (bicyclic) bond motifs is 1. The average molecular weight is 409 g/mol. The van der Waals surface area contributed by atoms with E-state index in [1.165, 1.54) is 4.90 Å². The van der Waals surface area contributed by atoms with Crippen molar-refractivity contribution < 1.29 is 9.59 Å². The molecule has 0 saturated heterocycles. The largest absolute Gasteiger partial charge is 0.350 e. The molecule has 0 saturated carbocycles. The first kappa shape index (κ1) is 19.2. The van der Waals surface area contributed by atoms with Gasteiger partial charge in [0.15, 0.2) is 0 Å².